The molecule has 0 radical (unpaired) electrons. The normalized spacial score (nSPS) is 21.5. The summed E-state index contributed by atoms with van der Waals surface area (Å²) in [5.41, 5.74) is 0.470. The van der Waals surface area contributed by atoms with Gasteiger partial charge in [0, 0.05) is 17.4 Å². The van der Waals surface area contributed by atoms with Crippen LogP contribution in [0.5, 0.6) is 0 Å². The van der Waals surface area contributed by atoms with Crippen LogP contribution in [-0.2, 0) is 4.79 Å². The van der Waals surface area contributed by atoms with E-state index in [4.69, 9.17) is 0 Å². The van der Waals surface area contributed by atoms with Crippen molar-refractivity contribution in [3.8, 4) is 0 Å². The maximum Gasteiger partial charge on any atom is 0.223 e. The molecular formula is C17H24BrNO2. The third-order valence-electron chi connectivity index (χ3n) is 4.17. The molecule has 1 aliphatic rings. The Bertz CT molecular complexity index is 493. The van der Waals surface area contributed by atoms with E-state index in [1.807, 2.05) is 30.9 Å². The first-order valence-electron chi connectivity index (χ1n) is 7.53. The lowest BCUT2D eigenvalue weighted by atomic mass is 9.85. The molecule has 0 saturated carbocycles. The highest BCUT2D eigenvalue weighted by Gasteiger charge is 2.32. The van der Waals surface area contributed by atoms with Gasteiger partial charge in [-0.05, 0) is 57.2 Å². The Hall–Kier alpha value is -0.870. The van der Waals surface area contributed by atoms with Gasteiger partial charge in [0.2, 0.25) is 5.91 Å². The summed E-state index contributed by atoms with van der Waals surface area (Å²) in [6, 6.07) is 8.25. The number of hydrogen-bond acceptors (Lipinski definition) is 2. The third-order valence-corrected chi connectivity index (χ3v) is 4.70. The summed E-state index contributed by atoms with van der Waals surface area (Å²) in [4.78, 5) is 14.4. The number of hydrogen-bond donors (Lipinski definition) is 1. The number of benzene rings is 1. The largest absolute Gasteiger partial charge is 0.390 e. The number of carbonyl (C=O) groups is 1. The summed E-state index contributed by atoms with van der Waals surface area (Å²) in [5, 5.41) is 9.91. The van der Waals surface area contributed by atoms with E-state index >= 15 is 0 Å². The number of rotatable bonds is 4. The van der Waals surface area contributed by atoms with Gasteiger partial charge in [0.15, 0.2) is 0 Å². The minimum atomic E-state index is -0.690. The van der Waals surface area contributed by atoms with Crippen molar-refractivity contribution >= 4 is 21.8 Å². The molecule has 2 unspecified atom stereocenters. The molecule has 0 aliphatic carbocycles. The van der Waals surface area contributed by atoms with Crippen molar-refractivity contribution in [2.45, 2.75) is 51.7 Å². The maximum atomic E-state index is 12.4. The molecule has 1 heterocycles. The highest BCUT2D eigenvalue weighted by Crippen LogP contribution is 2.31. The fourth-order valence-corrected chi connectivity index (χ4v) is 3.39. The Balaban J connectivity index is 2.00. The lowest BCUT2D eigenvalue weighted by Crippen LogP contribution is -2.41. The van der Waals surface area contributed by atoms with Gasteiger partial charge in [-0.15, -0.1) is 0 Å². The van der Waals surface area contributed by atoms with Gasteiger partial charge >= 0.3 is 0 Å². The molecule has 116 valence electrons. The molecule has 0 spiro atoms. The van der Waals surface area contributed by atoms with Gasteiger partial charge in [-0.2, -0.15) is 0 Å². The molecule has 4 heteroatoms. The van der Waals surface area contributed by atoms with Crippen LogP contribution in [-0.4, -0.2) is 28.1 Å². The van der Waals surface area contributed by atoms with Crippen LogP contribution < -0.4 is 0 Å². The summed E-state index contributed by atoms with van der Waals surface area (Å²) in [6.07, 6.45) is 2.21. The van der Waals surface area contributed by atoms with Crippen molar-refractivity contribution in [3.63, 3.8) is 0 Å². The molecule has 3 nitrogen and oxygen atoms in total. The lowest BCUT2D eigenvalue weighted by Gasteiger charge is -2.37. The summed E-state index contributed by atoms with van der Waals surface area (Å²) < 4.78 is 1.05. The van der Waals surface area contributed by atoms with E-state index in [9.17, 15) is 9.90 Å². The zero-order valence-electron chi connectivity index (χ0n) is 13.0. The number of nitrogens with zero attached hydrogens (tertiary/aromatic N) is 1. The van der Waals surface area contributed by atoms with Crippen LogP contribution in [0.15, 0.2) is 28.7 Å². The van der Waals surface area contributed by atoms with Crippen molar-refractivity contribution < 1.29 is 9.90 Å². The molecule has 1 aliphatic heterocycles. The zero-order chi connectivity index (χ0) is 15.6. The zero-order valence-corrected chi connectivity index (χ0v) is 14.6. The van der Waals surface area contributed by atoms with Gasteiger partial charge in [-0.3, -0.25) is 4.79 Å². The average molecular weight is 354 g/mol. The van der Waals surface area contributed by atoms with Crippen molar-refractivity contribution in [2.24, 2.45) is 5.92 Å². The molecule has 2 rings (SSSR count). The van der Waals surface area contributed by atoms with Gasteiger partial charge in [0.25, 0.3) is 0 Å². The third kappa shape index (κ3) is 4.55. The molecule has 1 aromatic rings. The van der Waals surface area contributed by atoms with Gasteiger partial charge in [-0.1, -0.05) is 28.1 Å². The second-order valence-electron chi connectivity index (χ2n) is 6.69. The highest BCUT2D eigenvalue weighted by molar-refractivity contribution is 9.10. The lowest BCUT2D eigenvalue weighted by molar-refractivity contribution is -0.138. The topological polar surface area (TPSA) is 40.5 Å². The minimum Gasteiger partial charge on any atom is -0.390 e. The van der Waals surface area contributed by atoms with E-state index < -0.39 is 5.60 Å². The fraction of sp³-hybridized carbons (Fsp3) is 0.588. The van der Waals surface area contributed by atoms with Crippen LogP contribution in [0.2, 0.25) is 0 Å². The Kier molecular flexibility index (Phi) is 5.10. The van der Waals surface area contributed by atoms with E-state index in [1.165, 1.54) is 0 Å². The van der Waals surface area contributed by atoms with E-state index in [0.29, 0.717) is 18.8 Å². The van der Waals surface area contributed by atoms with E-state index in [1.54, 1.807) is 0 Å². The number of amides is 1. The molecule has 1 saturated heterocycles. The Morgan fingerprint density at radius 1 is 1.38 bits per heavy atom. The molecule has 1 amide bonds. The quantitative estimate of drug-likeness (QED) is 0.891. The fourth-order valence-electron chi connectivity index (χ4n) is 3.12. The smallest absolute Gasteiger partial charge is 0.223 e. The highest BCUT2D eigenvalue weighted by atomic mass is 79.9. The minimum absolute atomic E-state index is 0.105. The van der Waals surface area contributed by atoms with Crippen LogP contribution in [0.4, 0.5) is 0 Å². The molecule has 21 heavy (non-hydrogen) atoms. The maximum absolute atomic E-state index is 12.4. The SMILES string of the molecule is CC(c1ccc(Br)cc1)N1CCC(CC(C)(C)O)CC1=O. The van der Waals surface area contributed by atoms with Crippen molar-refractivity contribution in [1.29, 1.82) is 0 Å². The molecule has 0 aromatic heterocycles. The Labute approximate surface area is 135 Å². The monoisotopic (exact) mass is 353 g/mol. The van der Waals surface area contributed by atoms with E-state index in [2.05, 4.69) is 35.0 Å². The van der Waals surface area contributed by atoms with E-state index in [-0.39, 0.29) is 11.9 Å². The van der Waals surface area contributed by atoms with Crippen LogP contribution in [0.1, 0.15) is 51.6 Å². The first-order valence-corrected chi connectivity index (χ1v) is 8.33. The summed E-state index contributed by atoms with van der Waals surface area (Å²) in [6.45, 7) is 6.48. The Morgan fingerprint density at radius 3 is 2.52 bits per heavy atom. The van der Waals surface area contributed by atoms with Gasteiger partial charge in [0.1, 0.15) is 0 Å². The van der Waals surface area contributed by atoms with Crippen LogP contribution in [0.25, 0.3) is 0 Å². The predicted molar refractivity (Wildman–Crippen MR) is 87.9 cm³/mol. The van der Waals surface area contributed by atoms with E-state index in [0.717, 1.165) is 23.0 Å². The first kappa shape index (κ1) is 16.5. The number of likely N-dealkylation sites (tertiary alicyclic amines) is 1. The second-order valence-corrected chi connectivity index (χ2v) is 7.61. The first-order chi connectivity index (χ1) is 9.76. The molecule has 1 aromatic carbocycles. The number of halogens is 1. The van der Waals surface area contributed by atoms with Gasteiger partial charge in [-0.25, -0.2) is 0 Å². The van der Waals surface area contributed by atoms with Crippen LogP contribution in [0.3, 0.4) is 0 Å². The van der Waals surface area contributed by atoms with Gasteiger partial charge < -0.3 is 10.0 Å². The molecule has 1 fully saturated rings. The summed E-state index contributed by atoms with van der Waals surface area (Å²) >= 11 is 3.43. The summed E-state index contributed by atoms with van der Waals surface area (Å²) in [5.74, 6) is 0.497. The second kappa shape index (κ2) is 6.49. The number of piperidine rings is 1. The molecule has 2 atom stereocenters. The average Bonchev–Trinajstić information content (AvgIpc) is 2.37. The summed E-state index contributed by atoms with van der Waals surface area (Å²) in [7, 11) is 0. The number of aliphatic hydroxyl groups is 1. The molecular weight excluding hydrogens is 330 g/mol. The predicted octanol–water partition coefficient (Wildman–Crippen LogP) is 3.91. The van der Waals surface area contributed by atoms with Crippen LogP contribution in [0, 0.1) is 5.92 Å². The molecule has 1 N–H and O–H groups in total. The van der Waals surface area contributed by atoms with Gasteiger partial charge in [0.05, 0.1) is 11.6 Å². The van der Waals surface area contributed by atoms with Crippen molar-refractivity contribution in [1.82, 2.24) is 4.90 Å². The van der Waals surface area contributed by atoms with Crippen molar-refractivity contribution in [2.75, 3.05) is 6.54 Å². The van der Waals surface area contributed by atoms with Crippen LogP contribution >= 0.6 is 15.9 Å². The number of carbonyl (C=O) groups excluding carboxylic acids is 1. The Morgan fingerprint density at radius 2 is 2.00 bits per heavy atom. The standard InChI is InChI=1S/C17H24BrNO2/c1-12(14-4-6-15(18)7-5-14)19-9-8-13(10-16(19)20)11-17(2,3)21/h4-7,12-13,21H,8-11H2,1-3H3. The van der Waals surface area contributed by atoms with Crippen molar-refractivity contribution in [3.05, 3.63) is 34.3 Å². The molecule has 0 bridgehead atoms.